The van der Waals surface area contributed by atoms with Crippen molar-refractivity contribution in [2.45, 2.75) is 17.2 Å². The van der Waals surface area contributed by atoms with Gasteiger partial charge in [-0.25, -0.2) is 8.78 Å². The van der Waals surface area contributed by atoms with Crippen molar-refractivity contribution in [1.82, 2.24) is 0 Å². The molecule has 0 bridgehead atoms. The molecule has 2 atom stereocenters. The van der Waals surface area contributed by atoms with E-state index < -0.39 is 17.2 Å². The van der Waals surface area contributed by atoms with Gasteiger partial charge in [0.25, 0.3) is 0 Å². The topological polar surface area (TPSA) is 0 Å². The van der Waals surface area contributed by atoms with Crippen molar-refractivity contribution in [1.29, 1.82) is 0 Å². The van der Waals surface area contributed by atoms with E-state index in [-0.39, 0.29) is 0 Å². The number of hydrogen-bond acceptors (Lipinski definition) is 0. The molecule has 0 aromatic carbocycles. The molecular formula is C3H2Cl2F4. The van der Waals surface area contributed by atoms with Gasteiger partial charge in [0.2, 0.25) is 11.3 Å². The Kier molecular flexibility index (Phi) is 3.02. The molecule has 0 fully saturated rings. The summed E-state index contributed by atoms with van der Waals surface area (Å²) in [7, 11) is 0. The molecule has 0 aromatic heterocycles. The molecule has 0 aliphatic heterocycles. The first kappa shape index (κ1) is 9.30. The molecule has 0 aromatic rings. The summed E-state index contributed by atoms with van der Waals surface area (Å²) < 4.78 is 46.2. The van der Waals surface area contributed by atoms with Crippen LogP contribution >= 0.6 is 23.2 Å². The molecule has 0 rings (SSSR count). The summed E-state index contributed by atoms with van der Waals surface area (Å²) in [6, 6.07) is 0. The van der Waals surface area contributed by atoms with Crippen molar-refractivity contribution < 1.29 is 17.6 Å². The van der Waals surface area contributed by atoms with E-state index in [1.54, 1.807) is 0 Å². The van der Waals surface area contributed by atoms with Crippen molar-refractivity contribution in [3.63, 3.8) is 0 Å². The van der Waals surface area contributed by atoms with Gasteiger partial charge in [-0.2, -0.15) is 8.78 Å². The Morgan fingerprint density at radius 2 is 1.22 bits per heavy atom. The summed E-state index contributed by atoms with van der Waals surface area (Å²) in [5.74, 6) is -4.30. The number of halogens is 6. The second-order valence-corrected chi connectivity index (χ2v) is 2.04. The second-order valence-electron chi connectivity index (χ2n) is 1.28. The molecule has 0 radical (unpaired) electrons. The first-order chi connectivity index (χ1) is 3.89. The fraction of sp³-hybridized carbons (Fsp3) is 1.00. The lowest BCUT2D eigenvalue weighted by molar-refractivity contribution is -0.0741. The third kappa shape index (κ3) is 2.18. The highest BCUT2D eigenvalue weighted by molar-refractivity contribution is 6.23. The van der Waals surface area contributed by atoms with E-state index in [0.717, 1.165) is 0 Å². The first-order valence-electron chi connectivity index (χ1n) is 1.83. The molecule has 6 heteroatoms. The number of hydrogen-bond donors (Lipinski definition) is 0. The zero-order valence-corrected chi connectivity index (χ0v) is 5.43. The highest BCUT2D eigenvalue weighted by Crippen LogP contribution is 2.32. The van der Waals surface area contributed by atoms with Crippen LogP contribution in [-0.2, 0) is 0 Å². The predicted molar refractivity (Wildman–Crippen MR) is 26.4 cm³/mol. The maximum atomic E-state index is 11.7. The normalized spacial score (nSPS) is 19.3. The average molecular weight is 185 g/mol. The van der Waals surface area contributed by atoms with Crippen LogP contribution in [0.2, 0.25) is 0 Å². The molecule has 0 aliphatic carbocycles. The van der Waals surface area contributed by atoms with E-state index in [9.17, 15) is 17.6 Å². The Hall–Kier alpha value is 0.300. The van der Waals surface area contributed by atoms with Gasteiger partial charge in [-0.05, 0) is 0 Å². The lowest BCUT2D eigenvalue weighted by atomic mass is 10.4. The molecular weight excluding hydrogens is 183 g/mol. The SMILES string of the molecule is FC(Cl)C(F)(F)C(F)Cl. The molecule has 56 valence electrons. The minimum absolute atomic E-state index is 3.08. The van der Waals surface area contributed by atoms with Crippen LogP contribution < -0.4 is 0 Å². The smallest absolute Gasteiger partial charge is 0.223 e. The first-order valence-corrected chi connectivity index (χ1v) is 2.70. The Balaban J connectivity index is 4.01. The monoisotopic (exact) mass is 184 g/mol. The maximum Gasteiger partial charge on any atom is 0.336 e. The summed E-state index contributed by atoms with van der Waals surface area (Å²) in [4.78, 5) is 0. The van der Waals surface area contributed by atoms with E-state index in [2.05, 4.69) is 23.2 Å². The van der Waals surface area contributed by atoms with Crippen molar-refractivity contribution in [3.05, 3.63) is 0 Å². The summed E-state index contributed by atoms with van der Waals surface area (Å²) in [6.07, 6.45) is 0. The Labute approximate surface area is 58.7 Å². The van der Waals surface area contributed by atoms with Crippen LogP contribution in [0, 0.1) is 0 Å². The molecule has 2 unspecified atom stereocenters. The molecule has 0 nitrogen and oxygen atoms in total. The zero-order chi connectivity index (χ0) is 7.65. The summed E-state index contributed by atoms with van der Waals surface area (Å²) in [5, 5.41) is 0. The average Bonchev–Trinajstić information content (AvgIpc) is 1.65. The molecule has 0 amide bonds. The molecule has 0 heterocycles. The van der Waals surface area contributed by atoms with E-state index in [1.165, 1.54) is 0 Å². The Morgan fingerprint density at radius 3 is 1.22 bits per heavy atom. The summed E-state index contributed by atoms with van der Waals surface area (Å²) in [5.41, 5.74) is -6.16. The molecule has 0 spiro atoms. The Bertz CT molecular complexity index is 81.8. The van der Waals surface area contributed by atoms with Crippen molar-refractivity contribution in [2.24, 2.45) is 0 Å². The minimum atomic E-state index is -4.30. The quantitative estimate of drug-likeness (QED) is 0.458. The van der Waals surface area contributed by atoms with Crippen LogP contribution in [0.3, 0.4) is 0 Å². The number of rotatable bonds is 2. The third-order valence-electron chi connectivity index (χ3n) is 0.582. The molecule has 0 saturated heterocycles. The van der Waals surface area contributed by atoms with Crippen LogP contribution in [0.15, 0.2) is 0 Å². The van der Waals surface area contributed by atoms with Gasteiger partial charge < -0.3 is 0 Å². The molecule has 0 saturated carbocycles. The number of alkyl halides is 6. The van der Waals surface area contributed by atoms with Gasteiger partial charge in [-0.3, -0.25) is 0 Å². The van der Waals surface area contributed by atoms with Gasteiger partial charge in [0.05, 0.1) is 0 Å². The second kappa shape index (κ2) is 2.92. The van der Waals surface area contributed by atoms with E-state index in [1.807, 2.05) is 0 Å². The van der Waals surface area contributed by atoms with Crippen LogP contribution in [0.1, 0.15) is 0 Å². The van der Waals surface area contributed by atoms with Crippen LogP contribution in [-0.4, -0.2) is 17.2 Å². The fourth-order valence-corrected chi connectivity index (χ4v) is 0.381. The van der Waals surface area contributed by atoms with Crippen LogP contribution in [0.25, 0.3) is 0 Å². The van der Waals surface area contributed by atoms with Crippen LogP contribution in [0.5, 0.6) is 0 Å². The van der Waals surface area contributed by atoms with E-state index >= 15 is 0 Å². The lowest BCUT2D eigenvalue weighted by Gasteiger charge is -2.14. The van der Waals surface area contributed by atoms with E-state index in [4.69, 9.17) is 0 Å². The van der Waals surface area contributed by atoms with Crippen LogP contribution in [0.4, 0.5) is 17.6 Å². The lowest BCUT2D eigenvalue weighted by Crippen LogP contribution is -2.33. The summed E-state index contributed by atoms with van der Waals surface area (Å²) >= 11 is 8.45. The van der Waals surface area contributed by atoms with Gasteiger partial charge in [0.15, 0.2) is 0 Å². The van der Waals surface area contributed by atoms with Gasteiger partial charge >= 0.3 is 5.92 Å². The largest absolute Gasteiger partial charge is 0.336 e. The van der Waals surface area contributed by atoms with Gasteiger partial charge in [-0.1, -0.05) is 23.2 Å². The highest BCUT2D eigenvalue weighted by atomic mass is 35.5. The predicted octanol–water partition coefficient (Wildman–Crippen LogP) is 2.69. The zero-order valence-electron chi connectivity index (χ0n) is 3.92. The molecule has 0 N–H and O–H groups in total. The standard InChI is InChI=1S/C3H2Cl2F4/c4-1(6)3(8,9)2(5)7/h1-2H. The molecule has 0 aliphatic rings. The van der Waals surface area contributed by atoms with E-state index in [0.29, 0.717) is 0 Å². The minimum Gasteiger partial charge on any atom is -0.223 e. The van der Waals surface area contributed by atoms with Gasteiger partial charge in [-0.15, -0.1) is 0 Å². The maximum absolute atomic E-state index is 11.7. The Morgan fingerprint density at radius 1 is 1.00 bits per heavy atom. The van der Waals surface area contributed by atoms with Gasteiger partial charge in [0, 0.05) is 0 Å². The van der Waals surface area contributed by atoms with Crippen molar-refractivity contribution in [3.8, 4) is 0 Å². The van der Waals surface area contributed by atoms with Crippen molar-refractivity contribution >= 4 is 23.2 Å². The third-order valence-corrected chi connectivity index (χ3v) is 1.16. The molecule has 9 heavy (non-hydrogen) atoms. The van der Waals surface area contributed by atoms with Gasteiger partial charge in [0.1, 0.15) is 0 Å². The fourth-order valence-electron chi connectivity index (χ4n) is 0.0952. The summed E-state index contributed by atoms with van der Waals surface area (Å²) in [6.45, 7) is 0. The highest BCUT2D eigenvalue weighted by Gasteiger charge is 2.47. The van der Waals surface area contributed by atoms with Crippen molar-refractivity contribution in [2.75, 3.05) is 0 Å².